The van der Waals surface area contributed by atoms with E-state index in [2.05, 4.69) is 5.10 Å². The minimum Gasteiger partial charge on any atom is -0.380 e. The topological polar surface area (TPSA) is 44.1 Å². The number of aryl methyl sites for hydroxylation is 1. The van der Waals surface area contributed by atoms with Crippen LogP contribution in [0.2, 0.25) is 0 Å². The molecule has 4 nitrogen and oxygen atoms in total. The molecule has 0 atom stereocenters. The Bertz CT molecular complexity index is 453. The summed E-state index contributed by atoms with van der Waals surface area (Å²) in [6.45, 7) is 6.10. The van der Waals surface area contributed by atoms with E-state index in [0.717, 1.165) is 6.42 Å². The minimum absolute atomic E-state index is 0.0929. The van der Waals surface area contributed by atoms with Gasteiger partial charge >= 0.3 is 6.18 Å². The molecule has 1 aromatic rings. The van der Waals surface area contributed by atoms with Crippen LogP contribution in [0.15, 0.2) is 0 Å². The monoisotopic (exact) mass is 278 g/mol. The summed E-state index contributed by atoms with van der Waals surface area (Å²) in [6, 6.07) is 0. The largest absolute Gasteiger partial charge is 0.455 e. The van der Waals surface area contributed by atoms with Gasteiger partial charge in [-0.2, -0.15) is 18.3 Å². The van der Waals surface area contributed by atoms with Gasteiger partial charge in [-0.1, -0.05) is 6.92 Å². The zero-order valence-electron chi connectivity index (χ0n) is 11.2. The Hall–Kier alpha value is -1.37. The smallest absolute Gasteiger partial charge is 0.380 e. The molecule has 0 fully saturated rings. The summed E-state index contributed by atoms with van der Waals surface area (Å²) in [4.78, 5) is 11.3. The van der Waals surface area contributed by atoms with Gasteiger partial charge in [0.05, 0.1) is 24.4 Å². The van der Waals surface area contributed by atoms with Crippen molar-refractivity contribution >= 4 is 5.78 Å². The van der Waals surface area contributed by atoms with Gasteiger partial charge in [-0.25, -0.2) is 0 Å². The van der Waals surface area contributed by atoms with Gasteiger partial charge in [-0.15, -0.1) is 0 Å². The van der Waals surface area contributed by atoms with Crippen LogP contribution < -0.4 is 0 Å². The Labute approximate surface area is 109 Å². The summed E-state index contributed by atoms with van der Waals surface area (Å²) in [5.41, 5.74) is -0.0433. The van der Waals surface area contributed by atoms with Crippen LogP contribution in [0.4, 0.5) is 13.2 Å². The molecule has 0 aliphatic rings. The molecule has 0 spiro atoms. The van der Waals surface area contributed by atoms with Gasteiger partial charge in [0.2, 0.25) is 0 Å². The molecular weight excluding hydrogens is 261 g/mol. The number of hydrogen-bond donors (Lipinski definition) is 0. The van der Waals surface area contributed by atoms with E-state index < -0.39 is 12.0 Å². The van der Waals surface area contributed by atoms with Crippen molar-refractivity contribution in [2.75, 3.05) is 13.2 Å². The lowest BCUT2D eigenvalue weighted by atomic mass is 10.1. The third-order valence-electron chi connectivity index (χ3n) is 2.66. The summed E-state index contributed by atoms with van der Waals surface area (Å²) in [5, 5.41) is 3.96. The maximum atomic E-state index is 12.4. The SMILES string of the molecule is CCCOCCn1nc(C)c(C(=O)C(F)(F)F)c1C. The van der Waals surface area contributed by atoms with E-state index >= 15 is 0 Å². The average Bonchev–Trinajstić information content (AvgIpc) is 2.58. The van der Waals surface area contributed by atoms with Crippen molar-refractivity contribution < 1.29 is 22.7 Å². The van der Waals surface area contributed by atoms with Crippen molar-refractivity contribution in [3.05, 3.63) is 17.0 Å². The number of nitrogens with zero attached hydrogens (tertiary/aromatic N) is 2. The average molecular weight is 278 g/mol. The van der Waals surface area contributed by atoms with E-state index in [9.17, 15) is 18.0 Å². The van der Waals surface area contributed by atoms with E-state index in [1.54, 1.807) is 0 Å². The molecule has 1 heterocycles. The van der Waals surface area contributed by atoms with Gasteiger partial charge in [0.25, 0.3) is 5.78 Å². The maximum Gasteiger partial charge on any atom is 0.455 e. The van der Waals surface area contributed by atoms with Crippen molar-refractivity contribution in [1.82, 2.24) is 9.78 Å². The van der Waals surface area contributed by atoms with Gasteiger partial charge in [0.15, 0.2) is 0 Å². The molecule has 0 aliphatic heterocycles. The molecule has 0 unspecified atom stereocenters. The second kappa shape index (κ2) is 6.18. The molecule has 0 amide bonds. The maximum absolute atomic E-state index is 12.4. The third kappa shape index (κ3) is 3.79. The molecule has 7 heteroatoms. The van der Waals surface area contributed by atoms with Crippen LogP contribution in [0.1, 0.15) is 35.1 Å². The Morgan fingerprint density at radius 2 is 1.95 bits per heavy atom. The van der Waals surface area contributed by atoms with E-state index in [-0.39, 0.29) is 17.0 Å². The molecule has 1 rings (SSSR count). The first-order chi connectivity index (χ1) is 8.79. The molecule has 0 bridgehead atoms. The summed E-state index contributed by atoms with van der Waals surface area (Å²) >= 11 is 0. The first kappa shape index (κ1) is 15.7. The lowest BCUT2D eigenvalue weighted by Crippen LogP contribution is -2.24. The van der Waals surface area contributed by atoms with E-state index in [0.29, 0.717) is 19.8 Å². The number of aromatic nitrogens is 2. The molecule has 0 saturated carbocycles. The highest BCUT2D eigenvalue weighted by atomic mass is 19.4. The Kier molecular flexibility index (Phi) is 5.11. The van der Waals surface area contributed by atoms with E-state index in [1.807, 2.05) is 6.92 Å². The van der Waals surface area contributed by atoms with E-state index in [4.69, 9.17) is 4.74 Å². The van der Waals surface area contributed by atoms with Crippen LogP contribution in [-0.4, -0.2) is 35.0 Å². The quantitative estimate of drug-likeness (QED) is 0.593. The highest BCUT2D eigenvalue weighted by molar-refractivity contribution is 6.02. The number of hydrogen-bond acceptors (Lipinski definition) is 3. The van der Waals surface area contributed by atoms with Crippen molar-refractivity contribution in [2.24, 2.45) is 0 Å². The predicted molar refractivity (Wildman–Crippen MR) is 63.2 cm³/mol. The van der Waals surface area contributed by atoms with Crippen LogP contribution in [0.3, 0.4) is 0 Å². The molecule has 0 saturated heterocycles. The highest BCUT2D eigenvalue weighted by Crippen LogP contribution is 2.25. The predicted octanol–water partition coefficient (Wildman–Crippen LogP) is 2.67. The fourth-order valence-corrected chi connectivity index (χ4v) is 1.78. The molecule has 1 aromatic heterocycles. The molecule has 0 radical (unpaired) electrons. The number of rotatable bonds is 6. The number of ketones is 1. The molecule has 19 heavy (non-hydrogen) atoms. The summed E-state index contributed by atoms with van der Waals surface area (Å²) in [7, 11) is 0. The second-order valence-electron chi connectivity index (χ2n) is 4.21. The molecule has 0 aliphatic carbocycles. The van der Waals surface area contributed by atoms with Gasteiger partial charge in [0, 0.05) is 12.3 Å². The first-order valence-electron chi connectivity index (χ1n) is 6.02. The molecule has 108 valence electrons. The van der Waals surface area contributed by atoms with Crippen LogP contribution in [-0.2, 0) is 11.3 Å². The van der Waals surface area contributed by atoms with Gasteiger partial charge in [0.1, 0.15) is 0 Å². The van der Waals surface area contributed by atoms with Crippen LogP contribution in [0.5, 0.6) is 0 Å². The summed E-state index contributed by atoms with van der Waals surface area (Å²) in [5.74, 6) is -1.84. The molecular formula is C12H17F3N2O2. The fourth-order valence-electron chi connectivity index (χ4n) is 1.78. The van der Waals surface area contributed by atoms with Gasteiger partial charge in [-0.3, -0.25) is 9.48 Å². The number of Topliss-reactive ketones (excluding diaryl/α,β-unsaturated/α-hetero) is 1. The first-order valence-corrected chi connectivity index (χ1v) is 6.02. The standard InChI is InChI=1S/C12H17F3N2O2/c1-4-6-19-7-5-17-9(3)10(8(2)16-17)11(18)12(13,14)15/h4-7H2,1-3H3. The normalized spacial score (nSPS) is 11.9. The van der Waals surface area contributed by atoms with Crippen LogP contribution in [0, 0.1) is 13.8 Å². The number of halogens is 3. The third-order valence-corrected chi connectivity index (χ3v) is 2.66. The summed E-state index contributed by atoms with van der Waals surface area (Å²) < 4.78 is 44.0. The Morgan fingerprint density at radius 1 is 1.32 bits per heavy atom. The number of alkyl halides is 3. The minimum atomic E-state index is -4.87. The lowest BCUT2D eigenvalue weighted by Gasteiger charge is -2.07. The fraction of sp³-hybridized carbons (Fsp3) is 0.667. The molecule has 0 aromatic carbocycles. The Morgan fingerprint density at radius 3 is 2.47 bits per heavy atom. The van der Waals surface area contributed by atoms with Crippen molar-refractivity contribution in [1.29, 1.82) is 0 Å². The number of carbonyl (C=O) groups is 1. The zero-order valence-corrected chi connectivity index (χ0v) is 11.2. The van der Waals surface area contributed by atoms with Crippen molar-refractivity contribution in [2.45, 2.75) is 39.9 Å². The number of ether oxygens (including phenoxy) is 1. The van der Waals surface area contributed by atoms with Crippen LogP contribution in [0.25, 0.3) is 0 Å². The van der Waals surface area contributed by atoms with Crippen LogP contribution >= 0.6 is 0 Å². The van der Waals surface area contributed by atoms with Crippen molar-refractivity contribution in [3.8, 4) is 0 Å². The van der Waals surface area contributed by atoms with Gasteiger partial charge < -0.3 is 4.74 Å². The summed E-state index contributed by atoms with van der Waals surface area (Å²) in [6.07, 6.45) is -4.00. The lowest BCUT2D eigenvalue weighted by molar-refractivity contribution is -0.0886. The zero-order chi connectivity index (χ0) is 14.6. The van der Waals surface area contributed by atoms with E-state index in [1.165, 1.54) is 18.5 Å². The second-order valence-corrected chi connectivity index (χ2v) is 4.21. The highest BCUT2D eigenvalue weighted by Gasteiger charge is 2.42. The number of carbonyl (C=O) groups excluding carboxylic acids is 1. The van der Waals surface area contributed by atoms with Crippen molar-refractivity contribution in [3.63, 3.8) is 0 Å². The molecule has 0 N–H and O–H groups in total. The van der Waals surface area contributed by atoms with Gasteiger partial charge in [-0.05, 0) is 20.3 Å². The Balaban J connectivity index is 2.86.